The summed E-state index contributed by atoms with van der Waals surface area (Å²) in [7, 11) is -3.50. The van der Waals surface area contributed by atoms with Gasteiger partial charge >= 0.3 is 0 Å². The molecule has 29 heavy (non-hydrogen) atoms. The molecule has 2 aliphatic rings. The third kappa shape index (κ3) is 4.61. The molecule has 0 aromatic heterocycles. The van der Waals surface area contributed by atoms with Gasteiger partial charge in [-0.3, -0.25) is 0 Å². The van der Waals surface area contributed by atoms with Crippen LogP contribution in [0.2, 0.25) is 0 Å². The number of hydrogen-bond acceptors (Lipinski definition) is 6. The highest BCUT2D eigenvalue weighted by atomic mass is 32.2. The van der Waals surface area contributed by atoms with Crippen molar-refractivity contribution < 1.29 is 22.6 Å². The molecular weight excluding hydrogens is 414 g/mol. The Hall–Kier alpha value is -2.40. The number of benzene rings is 2. The summed E-state index contributed by atoms with van der Waals surface area (Å²) in [4.78, 5) is 0.254. The standard InChI is InChI=1S/C19H21N3O5S2/c23-29(24,22-7-9-25-10-8-22)16-4-2-15(3-5-16)21-19(28)20-12-14-1-6-17-18(11-14)27-13-26-17/h1-6,11H,7-10,12-13H2,(H2,20,21,28). The van der Waals surface area contributed by atoms with Crippen LogP contribution in [0.4, 0.5) is 5.69 Å². The summed E-state index contributed by atoms with van der Waals surface area (Å²) in [6, 6.07) is 12.3. The smallest absolute Gasteiger partial charge is 0.243 e. The zero-order chi connectivity index (χ0) is 20.3. The fraction of sp³-hybridized carbons (Fsp3) is 0.316. The SMILES string of the molecule is O=S(=O)(c1ccc(NC(=S)NCc2ccc3c(c2)OCO3)cc1)N1CCOCC1. The van der Waals surface area contributed by atoms with Gasteiger partial charge in [0.2, 0.25) is 16.8 Å². The van der Waals surface area contributed by atoms with E-state index in [9.17, 15) is 8.42 Å². The summed E-state index contributed by atoms with van der Waals surface area (Å²) >= 11 is 5.32. The van der Waals surface area contributed by atoms with Gasteiger partial charge in [-0.05, 0) is 54.2 Å². The van der Waals surface area contributed by atoms with Crippen LogP contribution in [0.1, 0.15) is 5.56 Å². The van der Waals surface area contributed by atoms with Crippen molar-refractivity contribution in [1.82, 2.24) is 9.62 Å². The number of ether oxygens (including phenoxy) is 3. The van der Waals surface area contributed by atoms with Crippen molar-refractivity contribution in [2.24, 2.45) is 0 Å². The van der Waals surface area contributed by atoms with Crippen molar-refractivity contribution >= 4 is 33.0 Å². The largest absolute Gasteiger partial charge is 0.454 e. The molecule has 1 fully saturated rings. The molecule has 0 saturated carbocycles. The molecule has 4 rings (SSSR count). The third-order valence-electron chi connectivity index (χ3n) is 4.61. The number of nitrogens with zero attached hydrogens (tertiary/aromatic N) is 1. The van der Waals surface area contributed by atoms with E-state index in [1.807, 2.05) is 18.2 Å². The maximum absolute atomic E-state index is 12.7. The van der Waals surface area contributed by atoms with Crippen LogP contribution < -0.4 is 20.1 Å². The number of hydrogen-bond donors (Lipinski definition) is 2. The third-order valence-corrected chi connectivity index (χ3v) is 6.77. The molecule has 0 aliphatic carbocycles. The zero-order valence-electron chi connectivity index (χ0n) is 15.6. The Morgan fingerprint density at radius 1 is 1.03 bits per heavy atom. The Kier molecular flexibility index (Phi) is 5.86. The highest BCUT2D eigenvalue weighted by Gasteiger charge is 2.26. The van der Waals surface area contributed by atoms with Crippen LogP contribution in [0, 0.1) is 0 Å². The number of thiocarbonyl (C=S) groups is 1. The van der Waals surface area contributed by atoms with Crippen molar-refractivity contribution in [2.75, 3.05) is 38.4 Å². The predicted octanol–water partition coefficient (Wildman–Crippen LogP) is 1.92. The Labute approximate surface area is 174 Å². The molecular formula is C19H21N3O5S2. The summed E-state index contributed by atoms with van der Waals surface area (Å²) in [6.07, 6.45) is 0. The van der Waals surface area contributed by atoms with Gasteiger partial charge < -0.3 is 24.8 Å². The lowest BCUT2D eigenvalue weighted by atomic mass is 10.2. The Bertz CT molecular complexity index is 989. The molecule has 1 saturated heterocycles. The fourth-order valence-electron chi connectivity index (χ4n) is 3.05. The Balaban J connectivity index is 1.33. The van der Waals surface area contributed by atoms with Crippen molar-refractivity contribution in [3.8, 4) is 11.5 Å². The van der Waals surface area contributed by atoms with Crippen molar-refractivity contribution in [1.29, 1.82) is 0 Å². The van der Waals surface area contributed by atoms with Gasteiger partial charge in [0.1, 0.15) is 0 Å². The first-order valence-corrected chi connectivity index (χ1v) is 11.0. The average Bonchev–Trinajstić information content (AvgIpc) is 3.21. The second kappa shape index (κ2) is 8.54. The molecule has 10 heteroatoms. The van der Waals surface area contributed by atoms with E-state index in [-0.39, 0.29) is 11.7 Å². The van der Waals surface area contributed by atoms with Crippen LogP contribution in [0.25, 0.3) is 0 Å². The van der Waals surface area contributed by atoms with E-state index in [0.717, 1.165) is 17.1 Å². The first-order valence-electron chi connectivity index (χ1n) is 9.14. The molecule has 2 aliphatic heterocycles. The van der Waals surface area contributed by atoms with Gasteiger partial charge in [-0.1, -0.05) is 6.07 Å². The van der Waals surface area contributed by atoms with E-state index in [1.165, 1.54) is 4.31 Å². The number of fused-ring (bicyclic) bond motifs is 1. The van der Waals surface area contributed by atoms with Crippen LogP contribution >= 0.6 is 12.2 Å². The first kappa shape index (κ1) is 19.9. The maximum Gasteiger partial charge on any atom is 0.243 e. The minimum atomic E-state index is -3.50. The predicted molar refractivity (Wildman–Crippen MR) is 112 cm³/mol. The van der Waals surface area contributed by atoms with Crippen LogP contribution in [-0.2, 0) is 21.3 Å². The molecule has 2 N–H and O–H groups in total. The number of morpholine rings is 1. The molecule has 0 bridgehead atoms. The molecule has 2 heterocycles. The average molecular weight is 436 g/mol. The molecule has 0 spiro atoms. The van der Waals surface area contributed by atoms with E-state index >= 15 is 0 Å². The summed E-state index contributed by atoms with van der Waals surface area (Å²) < 4.78 is 42.6. The fourth-order valence-corrected chi connectivity index (χ4v) is 4.65. The Morgan fingerprint density at radius 2 is 1.76 bits per heavy atom. The lowest BCUT2D eigenvalue weighted by Gasteiger charge is -2.26. The van der Waals surface area contributed by atoms with Crippen LogP contribution in [0.3, 0.4) is 0 Å². The molecule has 8 nitrogen and oxygen atoms in total. The second-order valence-electron chi connectivity index (χ2n) is 6.54. The molecule has 0 atom stereocenters. The molecule has 0 amide bonds. The number of anilines is 1. The summed E-state index contributed by atoms with van der Waals surface area (Å²) in [6.45, 7) is 2.34. The van der Waals surface area contributed by atoms with Crippen LogP contribution in [0.5, 0.6) is 11.5 Å². The van der Waals surface area contributed by atoms with Gasteiger partial charge in [-0.25, -0.2) is 8.42 Å². The highest BCUT2D eigenvalue weighted by Crippen LogP contribution is 2.32. The van der Waals surface area contributed by atoms with Gasteiger partial charge in [-0.15, -0.1) is 0 Å². The van der Waals surface area contributed by atoms with E-state index in [0.29, 0.717) is 43.6 Å². The summed E-state index contributed by atoms with van der Waals surface area (Å²) in [5.41, 5.74) is 1.71. The van der Waals surface area contributed by atoms with Gasteiger partial charge in [0.15, 0.2) is 16.6 Å². The molecule has 2 aromatic carbocycles. The second-order valence-corrected chi connectivity index (χ2v) is 8.88. The van der Waals surface area contributed by atoms with E-state index in [1.54, 1.807) is 24.3 Å². The number of rotatable bonds is 5. The van der Waals surface area contributed by atoms with Crippen LogP contribution in [-0.4, -0.2) is 50.9 Å². The molecule has 0 radical (unpaired) electrons. The molecule has 154 valence electrons. The zero-order valence-corrected chi connectivity index (χ0v) is 17.2. The number of nitrogens with one attached hydrogen (secondary N) is 2. The highest BCUT2D eigenvalue weighted by molar-refractivity contribution is 7.89. The topological polar surface area (TPSA) is 89.1 Å². The van der Waals surface area contributed by atoms with E-state index < -0.39 is 10.0 Å². The van der Waals surface area contributed by atoms with Crippen molar-refractivity contribution in [3.63, 3.8) is 0 Å². The van der Waals surface area contributed by atoms with Gasteiger partial charge in [-0.2, -0.15) is 4.31 Å². The van der Waals surface area contributed by atoms with Gasteiger partial charge in [0.25, 0.3) is 0 Å². The summed E-state index contributed by atoms with van der Waals surface area (Å²) in [5.74, 6) is 1.46. The van der Waals surface area contributed by atoms with E-state index in [4.69, 9.17) is 26.4 Å². The lowest BCUT2D eigenvalue weighted by Crippen LogP contribution is -2.40. The van der Waals surface area contributed by atoms with Crippen LogP contribution in [0.15, 0.2) is 47.4 Å². The molecule has 0 unspecified atom stereocenters. The minimum absolute atomic E-state index is 0.240. The van der Waals surface area contributed by atoms with Crippen molar-refractivity contribution in [3.05, 3.63) is 48.0 Å². The quantitative estimate of drug-likeness (QED) is 0.689. The first-order chi connectivity index (χ1) is 14.0. The minimum Gasteiger partial charge on any atom is -0.454 e. The Morgan fingerprint density at radius 3 is 2.52 bits per heavy atom. The normalized spacial score (nSPS) is 16.4. The van der Waals surface area contributed by atoms with Gasteiger partial charge in [0.05, 0.1) is 18.1 Å². The van der Waals surface area contributed by atoms with Crippen molar-refractivity contribution in [2.45, 2.75) is 11.4 Å². The van der Waals surface area contributed by atoms with Gasteiger partial charge in [0, 0.05) is 25.3 Å². The monoisotopic (exact) mass is 435 g/mol. The lowest BCUT2D eigenvalue weighted by molar-refractivity contribution is 0.0730. The number of sulfonamides is 1. The molecule has 2 aromatic rings. The van der Waals surface area contributed by atoms with E-state index in [2.05, 4.69) is 10.6 Å². The summed E-state index contributed by atoms with van der Waals surface area (Å²) in [5, 5.41) is 6.61. The maximum atomic E-state index is 12.7.